The lowest BCUT2D eigenvalue weighted by molar-refractivity contribution is -0.159. The summed E-state index contributed by atoms with van der Waals surface area (Å²) in [6.07, 6.45) is 0.582. The third kappa shape index (κ3) is 8.12. The number of carbonyl (C=O) groups excluding carboxylic acids is 2. The average molecular weight is 501 g/mol. The minimum atomic E-state index is -2.08. The number of nitrogens with one attached hydrogen (secondary N) is 2. The van der Waals surface area contributed by atoms with Crippen molar-refractivity contribution in [3.63, 3.8) is 0 Å². The normalized spacial score (nSPS) is 11.4. The Labute approximate surface area is 207 Å². The molecule has 0 radical (unpaired) electrons. The Hall–Kier alpha value is -4.41. The fourth-order valence-electron chi connectivity index (χ4n) is 3.31. The molecule has 0 aliphatic heterocycles. The van der Waals surface area contributed by atoms with Crippen LogP contribution in [0, 0.1) is 0 Å². The highest BCUT2D eigenvalue weighted by molar-refractivity contribution is 6.06. The Morgan fingerprint density at radius 1 is 0.861 bits per heavy atom. The van der Waals surface area contributed by atoms with E-state index in [4.69, 9.17) is 14.9 Å². The number of aliphatic carboxylic acids is 2. The summed E-state index contributed by atoms with van der Waals surface area (Å²) in [5.74, 6) is -5.78. The standard InChI is InChI=1S/C25H28N2O9/c1-2-3-6-13-26-22(29)19(27-21(28)17-7-4-5-8-18(17)23(30)31)14-15-9-11-16(12-10-15)36-20(24(32)33)25(34)35/h4-5,7-12,19-20H,2-3,6,13-14H2,1H3,(H,26,29)(H,27,28)(H,30,31)(H,32,33)(H,34,35). The van der Waals surface area contributed by atoms with E-state index < -0.39 is 41.9 Å². The lowest BCUT2D eigenvalue weighted by atomic mass is 10.0. The maximum absolute atomic E-state index is 12.9. The first-order valence-electron chi connectivity index (χ1n) is 11.3. The Morgan fingerprint density at radius 3 is 2.03 bits per heavy atom. The monoisotopic (exact) mass is 500 g/mol. The smallest absolute Gasteiger partial charge is 0.356 e. The quantitative estimate of drug-likeness (QED) is 0.191. The van der Waals surface area contributed by atoms with Gasteiger partial charge in [-0.05, 0) is 36.2 Å². The number of hydrogen-bond acceptors (Lipinski definition) is 6. The van der Waals surface area contributed by atoms with Gasteiger partial charge in [0, 0.05) is 13.0 Å². The van der Waals surface area contributed by atoms with Crippen LogP contribution in [0.5, 0.6) is 5.75 Å². The molecule has 0 aliphatic carbocycles. The van der Waals surface area contributed by atoms with E-state index in [1.54, 1.807) is 0 Å². The number of carboxylic acid groups (broad SMARTS) is 3. The highest BCUT2D eigenvalue weighted by atomic mass is 16.5. The second-order valence-electron chi connectivity index (χ2n) is 7.90. The van der Waals surface area contributed by atoms with Gasteiger partial charge in [0.2, 0.25) is 5.91 Å². The number of benzene rings is 2. The molecule has 11 nitrogen and oxygen atoms in total. The van der Waals surface area contributed by atoms with E-state index in [0.29, 0.717) is 12.1 Å². The Balaban J connectivity index is 2.20. The second-order valence-corrected chi connectivity index (χ2v) is 7.90. The maximum Gasteiger partial charge on any atom is 0.356 e. The van der Waals surface area contributed by atoms with Gasteiger partial charge in [0.25, 0.3) is 12.0 Å². The molecule has 0 aromatic heterocycles. The van der Waals surface area contributed by atoms with Crippen molar-refractivity contribution in [2.75, 3.05) is 6.54 Å². The zero-order chi connectivity index (χ0) is 26.7. The minimum Gasteiger partial charge on any atom is -0.478 e. The lowest BCUT2D eigenvalue weighted by Gasteiger charge is -2.19. The molecule has 0 saturated heterocycles. The molecule has 36 heavy (non-hydrogen) atoms. The summed E-state index contributed by atoms with van der Waals surface area (Å²) in [7, 11) is 0. The molecule has 0 bridgehead atoms. The molecule has 5 N–H and O–H groups in total. The van der Waals surface area contributed by atoms with Crippen LogP contribution in [0.2, 0.25) is 0 Å². The van der Waals surface area contributed by atoms with Crippen molar-refractivity contribution in [2.24, 2.45) is 0 Å². The van der Waals surface area contributed by atoms with Crippen LogP contribution in [-0.4, -0.2) is 63.7 Å². The van der Waals surface area contributed by atoms with Crippen molar-refractivity contribution in [3.05, 3.63) is 65.2 Å². The Bertz CT molecular complexity index is 1080. The van der Waals surface area contributed by atoms with E-state index in [1.807, 2.05) is 6.92 Å². The summed E-state index contributed by atoms with van der Waals surface area (Å²) in [6.45, 7) is 2.43. The summed E-state index contributed by atoms with van der Waals surface area (Å²) in [5, 5.41) is 32.6. The van der Waals surface area contributed by atoms with Crippen molar-refractivity contribution in [2.45, 2.75) is 44.8 Å². The van der Waals surface area contributed by atoms with Gasteiger partial charge in [0.1, 0.15) is 11.8 Å². The Kier molecular flexibility index (Phi) is 10.4. The number of hydrogen-bond donors (Lipinski definition) is 5. The molecule has 192 valence electrons. The molecule has 2 rings (SSSR count). The van der Waals surface area contributed by atoms with E-state index in [0.717, 1.165) is 19.3 Å². The number of ether oxygens (including phenoxy) is 1. The molecule has 0 saturated carbocycles. The van der Waals surface area contributed by atoms with Gasteiger partial charge in [-0.3, -0.25) is 9.59 Å². The summed E-state index contributed by atoms with van der Waals surface area (Å²) in [5.41, 5.74) is 0.265. The van der Waals surface area contributed by atoms with Gasteiger partial charge in [-0.15, -0.1) is 0 Å². The van der Waals surface area contributed by atoms with Gasteiger partial charge in [0.05, 0.1) is 11.1 Å². The van der Waals surface area contributed by atoms with Crippen LogP contribution in [-0.2, 0) is 20.8 Å². The van der Waals surface area contributed by atoms with Crippen molar-refractivity contribution in [3.8, 4) is 5.75 Å². The van der Waals surface area contributed by atoms with Gasteiger partial charge < -0.3 is 30.7 Å². The van der Waals surface area contributed by atoms with Crippen molar-refractivity contribution >= 4 is 29.7 Å². The topological polar surface area (TPSA) is 179 Å². The van der Waals surface area contributed by atoms with Gasteiger partial charge in [0.15, 0.2) is 0 Å². The van der Waals surface area contributed by atoms with E-state index in [2.05, 4.69) is 10.6 Å². The number of carboxylic acids is 3. The predicted molar refractivity (Wildman–Crippen MR) is 127 cm³/mol. The maximum atomic E-state index is 12.9. The summed E-state index contributed by atoms with van der Waals surface area (Å²) in [4.78, 5) is 59.3. The number of aromatic carboxylic acids is 1. The number of rotatable bonds is 14. The Morgan fingerprint density at radius 2 is 1.47 bits per heavy atom. The van der Waals surface area contributed by atoms with Gasteiger partial charge in [-0.2, -0.15) is 0 Å². The van der Waals surface area contributed by atoms with Gasteiger partial charge in [-0.25, -0.2) is 14.4 Å². The van der Waals surface area contributed by atoms with Crippen LogP contribution in [0.25, 0.3) is 0 Å². The molecular formula is C25H28N2O9. The van der Waals surface area contributed by atoms with E-state index >= 15 is 0 Å². The van der Waals surface area contributed by atoms with Gasteiger partial charge >= 0.3 is 17.9 Å². The first-order valence-corrected chi connectivity index (χ1v) is 11.3. The minimum absolute atomic E-state index is 0.00598. The molecule has 0 fully saturated rings. The molecule has 2 aromatic rings. The molecule has 11 heteroatoms. The zero-order valence-electron chi connectivity index (χ0n) is 19.6. The third-order valence-electron chi connectivity index (χ3n) is 5.17. The lowest BCUT2D eigenvalue weighted by Crippen LogP contribution is -2.48. The average Bonchev–Trinajstić information content (AvgIpc) is 2.85. The molecule has 0 heterocycles. The molecule has 0 aliphatic rings. The van der Waals surface area contributed by atoms with Crippen molar-refractivity contribution in [1.82, 2.24) is 10.6 Å². The highest BCUT2D eigenvalue weighted by Gasteiger charge is 2.28. The molecule has 1 atom stereocenters. The number of amides is 2. The van der Waals surface area contributed by atoms with Crippen LogP contribution in [0.3, 0.4) is 0 Å². The summed E-state index contributed by atoms with van der Waals surface area (Å²) in [6, 6.07) is 10.3. The summed E-state index contributed by atoms with van der Waals surface area (Å²) >= 11 is 0. The number of unbranched alkanes of at least 4 members (excludes halogenated alkanes) is 2. The molecule has 2 amide bonds. The van der Waals surface area contributed by atoms with E-state index in [1.165, 1.54) is 48.5 Å². The van der Waals surface area contributed by atoms with Crippen molar-refractivity contribution in [1.29, 1.82) is 0 Å². The van der Waals surface area contributed by atoms with Crippen LogP contribution >= 0.6 is 0 Å². The van der Waals surface area contributed by atoms with Gasteiger partial charge in [-0.1, -0.05) is 44.0 Å². The first kappa shape index (κ1) is 27.8. The number of carbonyl (C=O) groups is 5. The molecule has 0 spiro atoms. The third-order valence-corrected chi connectivity index (χ3v) is 5.17. The SMILES string of the molecule is CCCCCNC(=O)C(Cc1ccc(OC(C(=O)O)C(=O)O)cc1)NC(=O)c1ccccc1C(=O)O. The highest BCUT2D eigenvalue weighted by Crippen LogP contribution is 2.16. The zero-order valence-corrected chi connectivity index (χ0v) is 19.6. The fraction of sp³-hybridized carbons (Fsp3) is 0.320. The largest absolute Gasteiger partial charge is 0.478 e. The molecule has 2 aromatic carbocycles. The predicted octanol–water partition coefficient (Wildman–Crippen LogP) is 1.95. The van der Waals surface area contributed by atoms with Crippen LogP contribution in [0.1, 0.15) is 52.5 Å². The fourth-order valence-corrected chi connectivity index (χ4v) is 3.31. The van der Waals surface area contributed by atoms with E-state index in [9.17, 15) is 29.1 Å². The second kappa shape index (κ2) is 13.5. The van der Waals surface area contributed by atoms with Crippen LogP contribution in [0.15, 0.2) is 48.5 Å². The van der Waals surface area contributed by atoms with Crippen molar-refractivity contribution < 1.29 is 44.0 Å². The van der Waals surface area contributed by atoms with Crippen LogP contribution < -0.4 is 15.4 Å². The summed E-state index contributed by atoms with van der Waals surface area (Å²) < 4.78 is 4.98. The van der Waals surface area contributed by atoms with Crippen LogP contribution in [0.4, 0.5) is 0 Å². The van der Waals surface area contributed by atoms with E-state index in [-0.39, 0.29) is 23.3 Å². The molecule has 1 unspecified atom stereocenters. The first-order chi connectivity index (χ1) is 17.1. The molecular weight excluding hydrogens is 472 g/mol.